The number of rotatable bonds is 8. The van der Waals surface area contributed by atoms with Gasteiger partial charge in [-0.25, -0.2) is 9.78 Å². The summed E-state index contributed by atoms with van der Waals surface area (Å²) in [5, 5.41) is 7.35. The molecular formula is C17H31IN4O3S. The number of hydrogen-bond donors (Lipinski definition) is 2. The van der Waals surface area contributed by atoms with Gasteiger partial charge in [-0.1, -0.05) is 0 Å². The normalized spacial score (nSPS) is 13.0. The molecule has 1 unspecified atom stereocenters. The number of esters is 1. The molecule has 0 amide bonds. The van der Waals surface area contributed by atoms with Crippen molar-refractivity contribution in [3.8, 4) is 0 Å². The van der Waals surface area contributed by atoms with Gasteiger partial charge in [0.05, 0.1) is 30.5 Å². The Morgan fingerprint density at radius 3 is 2.58 bits per heavy atom. The zero-order valence-corrected chi connectivity index (χ0v) is 19.8. The van der Waals surface area contributed by atoms with Crippen LogP contribution in [-0.2, 0) is 9.47 Å². The van der Waals surface area contributed by atoms with Crippen molar-refractivity contribution in [2.24, 2.45) is 4.99 Å². The molecule has 0 saturated carbocycles. The lowest BCUT2D eigenvalue weighted by atomic mass is 10.1. The van der Waals surface area contributed by atoms with E-state index in [0.717, 1.165) is 11.6 Å². The van der Waals surface area contributed by atoms with Crippen LogP contribution in [0.1, 0.15) is 61.0 Å². The largest absolute Gasteiger partial charge is 0.462 e. The molecule has 26 heavy (non-hydrogen) atoms. The molecular weight excluding hydrogens is 467 g/mol. The van der Waals surface area contributed by atoms with Gasteiger partial charge in [-0.05, 0) is 41.5 Å². The molecule has 1 atom stereocenters. The number of aliphatic imine (C=N–C) groups is 1. The van der Waals surface area contributed by atoms with Crippen molar-refractivity contribution in [3.05, 3.63) is 15.6 Å². The summed E-state index contributed by atoms with van der Waals surface area (Å²) in [4.78, 5) is 21.6. The van der Waals surface area contributed by atoms with Crippen molar-refractivity contribution < 1.29 is 14.3 Å². The smallest absolute Gasteiger partial charge is 0.350 e. The molecule has 1 heterocycles. The second kappa shape index (κ2) is 11.7. The Balaban J connectivity index is 0.00000625. The van der Waals surface area contributed by atoms with Gasteiger partial charge in [0.15, 0.2) is 5.96 Å². The number of ether oxygens (including phenoxy) is 2. The second-order valence-electron chi connectivity index (χ2n) is 6.21. The number of halogens is 1. The van der Waals surface area contributed by atoms with Crippen molar-refractivity contribution in [1.82, 2.24) is 15.6 Å². The first-order valence-corrected chi connectivity index (χ1v) is 9.30. The quantitative estimate of drug-likeness (QED) is 0.248. The third kappa shape index (κ3) is 7.75. The first kappa shape index (κ1) is 25.1. The summed E-state index contributed by atoms with van der Waals surface area (Å²) in [7, 11) is 1.67. The number of hydrogen-bond acceptors (Lipinski definition) is 6. The topological polar surface area (TPSA) is 84.8 Å². The predicted octanol–water partition coefficient (Wildman–Crippen LogP) is 3.29. The lowest BCUT2D eigenvalue weighted by Gasteiger charge is -2.22. The van der Waals surface area contributed by atoms with Gasteiger partial charge in [0.1, 0.15) is 9.88 Å². The second-order valence-corrected chi connectivity index (χ2v) is 7.24. The van der Waals surface area contributed by atoms with Crippen molar-refractivity contribution in [2.45, 2.75) is 53.2 Å². The van der Waals surface area contributed by atoms with E-state index < -0.39 is 0 Å². The van der Waals surface area contributed by atoms with E-state index in [0.29, 0.717) is 29.7 Å². The molecule has 150 valence electrons. The van der Waals surface area contributed by atoms with Crippen LogP contribution in [-0.4, -0.2) is 49.3 Å². The van der Waals surface area contributed by atoms with Crippen molar-refractivity contribution in [1.29, 1.82) is 0 Å². The highest BCUT2D eigenvalue weighted by Crippen LogP contribution is 2.24. The summed E-state index contributed by atoms with van der Waals surface area (Å²) in [6.45, 7) is 13.2. The van der Waals surface area contributed by atoms with Crippen molar-refractivity contribution >= 4 is 47.2 Å². The SMILES string of the molecule is CCNC(=NCC(C)(C)OC)NC(C)c1nc(C)c(C(=O)OCC)s1.I. The molecule has 0 saturated heterocycles. The Labute approximate surface area is 177 Å². The minimum absolute atomic E-state index is 0. The third-order valence-electron chi connectivity index (χ3n) is 3.51. The van der Waals surface area contributed by atoms with E-state index in [1.54, 1.807) is 14.0 Å². The van der Waals surface area contributed by atoms with E-state index in [2.05, 4.69) is 20.6 Å². The average Bonchev–Trinajstić information content (AvgIpc) is 2.95. The van der Waals surface area contributed by atoms with Gasteiger partial charge in [0.25, 0.3) is 0 Å². The number of carbonyl (C=O) groups is 1. The molecule has 0 spiro atoms. The molecule has 1 aromatic rings. The van der Waals surface area contributed by atoms with Crippen LogP contribution < -0.4 is 10.6 Å². The molecule has 0 aromatic carbocycles. The minimum atomic E-state index is -0.333. The summed E-state index contributed by atoms with van der Waals surface area (Å²) in [5.41, 5.74) is 0.357. The van der Waals surface area contributed by atoms with Gasteiger partial charge in [-0.15, -0.1) is 35.3 Å². The molecule has 7 nitrogen and oxygen atoms in total. The number of guanidine groups is 1. The molecule has 0 aliphatic heterocycles. The molecule has 1 rings (SSSR count). The van der Waals surface area contributed by atoms with Gasteiger partial charge < -0.3 is 20.1 Å². The van der Waals surface area contributed by atoms with E-state index in [1.165, 1.54) is 11.3 Å². The summed E-state index contributed by atoms with van der Waals surface area (Å²) < 4.78 is 10.5. The molecule has 0 bridgehead atoms. The van der Waals surface area contributed by atoms with Crippen LogP contribution in [0.4, 0.5) is 0 Å². The number of nitrogens with one attached hydrogen (secondary N) is 2. The Morgan fingerprint density at radius 2 is 2.04 bits per heavy atom. The first-order valence-electron chi connectivity index (χ1n) is 8.48. The van der Waals surface area contributed by atoms with Crippen LogP contribution in [0.3, 0.4) is 0 Å². The molecule has 9 heteroatoms. The van der Waals surface area contributed by atoms with Crippen LogP contribution in [0.5, 0.6) is 0 Å². The summed E-state index contributed by atoms with van der Waals surface area (Å²) >= 11 is 1.35. The highest BCUT2D eigenvalue weighted by Gasteiger charge is 2.21. The van der Waals surface area contributed by atoms with Crippen LogP contribution in [0.15, 0.2) is 4.99 Å². The average molecular weight is 498 g/mol. The molecule has 0 fully saturated rings. The van der Waals surface area contributed by atoms with Crippen LogP contribution in [0, 0.1) is 6.92 Å². The molecule has 1 aromatic heterocycles. The van der Waals surface area contributed by atoms with Crippen LogP contribution in [0.2, 0.25) is 0 Å². The Kier molecular flexibility index (Phi) is 11.3. The number of carbonyl (C=O) groups excluding carboxylic acids is 1. The Morgan fingerprint density at radius 1 is 1.38 bits per heavy atom. The van der Waals surface area contributed by atoms with E-state index in [4.69, 9.17) is 9.47 Å². The monoisotopic (exact) mass is 498 g/mol. The fourth-order valence-electron chi connectivity index (χ4n) is 1.91. The molecule has 0 aliphatic carbocycles. The van der Waals surface area contributed by atoms with Gasteiger partial charge in [0.2, 0.25) is 0 Å². The molecule has 0 aliphatic rings. The number of aryl methyl sites for hydroxylation is 1. The van der Waals surface area contributed by atoms with E-state index >= 15 is 0 Å². The van der Waals surface area contributed by atoms with Gasteiger partial charge in [0, 0.05) is 13.7 Å². The maximum absolute atomic E-state index is 11.9. The number of nitrogens with zero attached hydrogens (tertiary/aromatic N) is 2. The zero-order chi connectivity index (χ0) is 19.0. The fourth-order valence-corrected chi connectivity index (χ4v) is 2.87. The number of thiazole rings is 1. The summed E-state index contributed by atoms with van der Waals surface area (Å²) in [6, 6.07) is -0.0877. The summed E-state index contributed by atoms with van der Waals surface area (Å²) in [6.07, 6.45) is 0. The van der Waals surface area contributed by atoms with Crippen molar-refractivity contribution in [3.63, 3.8) is 0 Å². The molecule has 0 radical (unpaired) electrons. The highest BCUT2D eigenvalue weighted by molar-refractivity contribution is 14.0. The lowest BCUT2D eigenvalue weighted by Crippen LogP contribution is -2.40. The standard InChI is InChI=1S/C17H30N4O3S.HI/c1-8-18-16(19-10-17(5,6)23-7)21-12(4)14-20-11(3)13(25-14)15(22)24-9-2;/h12H,8-10H2,1-7H3,(H2,18,19,21);1H. The predicted molar refractivity (Wildman–Crippen MR) is 117 cm³/mol. The minimum Gasteiger partial charge on any atom is -0.462 e. The van der Waals surface area contributed by atoms with Crippen LogP contribution >= 0.6 is 35.3 Å². The van der Waals surface area contributed by atoms with Gasteiger partial charge in [-0.3, -0.25) is 4.99 Å². The summed E-state index contributed by atoms with van der Waals surface area (Å²) in [5.74, 6) is 0.365. The van der Waals surface area contributed by atoms with E-state index in [-0.39, 0.29) is 41.6 Å². The van der Waals surface area contributed by atoms with Crippen molar-refractivity contribution in [2.75, 3.05) is 26.8 Å². The van der Waals surface area contributed by atoms with Crippen LogP contribution in [0.25, 0.3) is 0 Å². The maximum Gasteiger partial charge on any atom is 0.350 e. The van der Waals surface area contributed by atoms with Gasteiger partial charge in [-0.2, -0.15) is 0 Å². The lowest BCUT2D eigenvalue weighted by molar-refractivity contribution is 0.0310. The zero-order valence-electron chi connectivity index (χ0n) is 16.6. The number of aromatic nitrogens is 1. The highest BCUT2D eigenvalue weighted by atomic mass is 127. The molecule has 2 N–H and O–H groups in total. The Hall–Kier alpha value is -0.940. The third-order valence-corrected chi connectivity index (χ3v) is 4.83. The van der Waals surface area contributed by atoms with E-state index in [1.807, 2.05) is 34.6 Å². The first-order chi connectivity index (χ1) is 11.7. The Bertz CT molecular complexity index is 605. The maximum atomic E-state index is 11.9. The fraction of sp³-hybridized carbons (Fsp3) is 0.706. The number of methoxy groups -OCH3 is 1. The van der Waals surface area contributed by atoms with E-state index in [9.17, 15) is 4.79 Å². The van der Waals surface area contributed by atoms with Gasteiger partial charge >= 0.3 is 5.97 Å².